The van der Waals surface area contributed by atoms with E-state index < -0.39 is 11.2 Å². The van der Waals surface area contributed by atoms with Gasteiger partial charge in [-0.15, -0.1) is 11.8 Å². The van der Waals surface area contributed by atoms with E-state index in [1.165, 1.54) is 11.8 Å². The number of aliphatic carboxylic acids is 1. The lowest BCUT2D eigenvalue weighted by Crippen LogP contribution is -2.15. The zero-order valence-electron chi connectivity index (χ0n) is 11.6. The summed E-state index contributed by atoms with van der Waals surface area (Å²) in [7, 11) is 1.81. The Labute approximate surface area is 136 Å². The summed E-state index contributed by atoms with van der Waals surface area (Å²) in [5.74, 6) is -1.05. The summed E-state index contributed by atoms with van der Waals surface area (Å²) < 4.78 is 0. The number of carboxylic acid groups (broad SMARTS) is 1. The Morgan fingerprint density at radius 1 is 1.23 bits per heavy atom. The molecule has 0 aromatic heterocycles. The molecule has 1 N–H and O–H groups in total. The molecule has 1 aromatic carbocycles. The van der Waals surface area contributed by atoms with Crippen LogP contribution in [0.2, 0.25) is 5.02 Å². The molecule has 112 valence electrons. The monoisotopic (exact) mass is 333 g/mol. The summed E-state index contributed by atoms with van der Waals surface area (Å²) in [6.07, 6.45) is 5.18. The largest absolute Gasteiger partial charge is 0.480 e. The van der Waals surface area contributed by atoms with Crippen LogP contribution in [0.25, 0.3) is 0 Å². The van der Waals surface area contributed by atoms with Crippen molar-refractivity contribution in [1.82, 2.24) is 4.90 Å². The molecular formula is C16H12ClNO3S. The molecule has 1 aromatic rings. The fourth-order valence-corrected chi connectivity index (χ4v) is 3.58. The van der Waals surface area contributed by atoms with E-state index >= 15 is 0 Å². The molecule has 1 atom stereocenters. The van der Waals surface area contributed by atoms with Gasteiger partial charge in [0.05, 0.1) is 0 Å². The predicted octanol–water partition coefficient (Wildman–Crippen LogP) is 3.32. The molecule has 4 nitrogen and oxygen atoms in total. The van der Waals surface area contributed by atoms with E-state index in [9.17, 15) is 14.7 Å². The van der Waals surface area contributed by atoms with Gasteiger partial charge in [0, 0.05) is 40.5 Å². The van der Waals surface area contributed by atoms with Crippen LogP contribution in [0.3, 0.4) is 0 Å². The van der Waals surface area contributed by atoms with Crippen molar-refractivity contribution in [3.63, 3.8) is 0 Å². The summed E-state index contributed by atoms with van der Waals surface area (Å²) in [5.41, 5.74) is 1.71. The standard InChI is InChI=1S/C16H12ClNO3S/c1-18-7-12(15(19)9-2-4-10(17)5-3-9)11-6-13(16(20)21)22-14(11)8-18/h2-8,13H,1H3,(H,20,21). The highest BCUT2D eigenvalue weighted by atomic mass is 35.5. The average Bonchev–Trinajstić information content (AvgIpc) is 2.90. The van der Waals surface area contributed by atoms with Gasteiger partial charge in [-0.25, -0.2) is 0 Å². The first-order chi connectivity index (χ1) is 10.5. The minimum absolute atomic E-state index is 0.146. The lowest BCUT2D eigenvalue weighted by atomic mass is 9.95. The zero-order valence-corrected chi connectivity index (χ0v) is 13.2. The van der Waals surface area contributed by atoms with Crippen LogP contribution in [0.4, 0.5) is 0 Å². The Balaban J connectivity index is 1.98. The number of hydrogen-bond acceptors (Lipinski definition) is 4. The highest BCUT2D eigenvalue weighted by Crippen LogP contribution is 2.43. The molecular weight excluding hydrogens is 322 g/mol. The Kier molecular flexibility index (Phi) is 3.85. The second-order valence-corrected chi connectivity index (χ2v) is 6.61. The second-order valence-electron chi connectivity index (χ2n) is 4.99. The van der Waals surface area contributed by atoms with Crippen molar-refractivity contribution in [2.45, 2.75) is 5.25 Å². The Morgan fingerprint density at radius 3 is 2.55 bits per heavy atom. The molecule has 22 heavy (non-hydrogen) atoms. The van der Waals surface area contributed by atoms with Crippen molar-refractivity contribution in [3.8, 4) is 0 Å². The number of carboxylic acids is 1. The molecule has 0 radical (unpaired) electrons. The van der Waals surface area contributed by atoms with Crippen molar-refractivity contribution in [3.05, 3.63) is 69.4 Å². The first-order valence-electron chi connectivity index (χ1n) is 6.53. The molecule has 0 fully saturated rings. The topological polar surface area (TPSA) is 57.6 Å². The smallest absolute Gasteiger partial charge is 0.320 e. The maximum atomic E-state index is 12.7. The van der Waals surface area contributed by atoms with Crippen molar-refractivity contribution in [2.75, 3.05) is 7.05 Å². The molecule has 0 aliphatic carbocycles. The number of carbonyl (C=O) groups is 2. The summed E-state index contributed by atoms with van der Waals surface area (Å²) in [4.78, 5) is 26.5. The molecule has 3 rings (SSSR count). The molecule has 0 spiro atoms. The normalized spacial score (nSPS) is 20.0. The Bertz CT molecular complexity index is 749. The van der Waals surface area contributed by atoms with Gasteiger partial charge < -0.3 is 10.0 Å². The highest BCUT2D eigenvalue weighted by Gasteiger charge is 2.33. The van der Waals surface area contributed by atoms with E-state index in [2.05, 4.69) is 0 Å². The van der Waals surface area contributed by atoms with Crippen LogP contribution >= 0.6 is 23.4 Å². The van der Waals surface area contributed by atoms with Gasteiger partial charge in [0.15, 0.2) is 5.78 Å². The van der Waals surface area contributed by atoms with Crippen LogP contribution in [-0.4, -0.2) is 34.1 Å². The van der Waals surface area contributed by atoms with Gasteiger partial charge in [-0.2, -0.15) is 0 Å². The van der Waals surface area contributed by atoms with E-state index in [0.717, 1.165) is 4.91 Å². The Hall–Kier alpha value is -1.98. The van der Waals surface area contributed by atoms with E-state index in [1.807, 2.05) is 13.2 Å². The van der Waals surface area contributed by atoms with Crippen molar-refractivity contribution in [1.29, 1.82) is 0 Å². The van der Waals surface area contributed by atoms with Crippen molar-refractivity contribution >= 4 is 35.1 Å². The Morgan fingerprint density at radius 2 is 1.91 bits per heavy atom. The number of carbonyl (C=O) groups excluding carboxylic acids is 1. The molecule has 1 unspecified atom stereocenters. The summed E-state index contributed by atoms with van der Waals surface area (Å²) >= 11 is 7.08. The number of rotatable bonds is 3. The molecule has 0 saturated carbocycles. The average molecular weight is 334 g/mol. The van der Waals surface area contributed by atoms with Crippen LogP contribution in [0, 0.1) is 0 Å². The van der Waals surface area contributed by atoms with Crippen LogP contribution in [0.1, 0.15) is 10.4 Å². The number of nitrogens with zero attached hydrogens (tertiary/aromatic N) is 1. The fraction of sp³-hybridized carbons (Fsp3) is 0.125. The SMILES string of the molecule is CN1C=C2SC(C(=O)O)C=C2C(C(=O)c2ccc(Cl)cc2)=C1. The lowest BCUT2D eigenvalue weighted by Gasteiger charge is -2.20. The molecule has 0 amide bonds. The second kappa shape index (κ2) is 5.66. The van der Waals surface area contributed by atoms with Crippen molar-refractivity contribution in [2.24, 2.45) is 0 Å². The van der Waals surface area contributed by atoms with Gasteiger partial charge in [0.1, 0.15) is 5.25 Å². The predicted molar refractivity (Wildman–Crippen MR) is 86.8 cm³/mol. The third-order valence-electron chi connectivity index (χ3n) is 3.38. The first-order valence-corrected chi connectivity index (χ1v) is 7.79. The first kappa shape index (κ1) is 14.9. The van der Waals surface area contributed by atoms with Crippen LogP contribution in [0.5, 0.6) is 0 Å². The lowest BCUT2D eigenvalue weighted by molar-refractivity contribution is -0.135. The van der Waals surface area contributed by atoms with E-state index in [4.69, 9.17) is 11.6 Å². The van der Waals surface area contributed by atoms with Gasteiger partial charge in [-0.3, -0.25) is 9.59 Å². The van der Waals surface area contributed by atoms with Crippen LogP contribution in [0.15, 0.2) is 58.8 Å². The maximum absolute atomic E-state index is 12.7. The van der Waals surface area contributed by atoms with E-state index in [-0.39, 0.29) is 5.78 Å². The van der Waals surface area contributed by atoms with Gasteiger partial charge in [0.2, 0.25) is 0 Å². The molecule has 0 saturated heterocycles. The van der Waals surface area contributed by atoms with Gasteiger partial charge >= 0.3 is 5.97 Å². The zero-order chi connectivity index (χ0) is 15.9. The molecule has 2 heterocycles. The minimum Gasteiger partial charge on any atom is -0.480 e. The fourth-order valence-electron chi connectivity index (χ4n) is 2.35. The van der Waals surface area contributed by atoms with E-state index in [0.29, 0.717) is 21.7 Å². The number of ketones is 1. The van der Waals surface area contributed by atoms with Gasteiger partial charge in [-0.1, -0.05) is 17.7 Å². The molecule has 2 aliphatic heterocycles. The van der Waals surface area contributed by atoms with Crippen LogP contribution < -0.4 is 0 Å². The number of Topliss-reactive ketones (excluding diaryl/α,β-unsaturated/α-hetero) is 1. The highest BCUT2D eigenvalue weighted by molar-refractivity contribution is 8.05. The number of benzene rings is 1. The van der Waals surface area contributed by atoms with E-state index in [1.54, 1.807) is 41.4 Å². The quantitative estimate of drug-likeness (QED) is 0.860. The summed E-state index contributed by atoms with van der Waals surface area (Å²) in [6.45, 7) is 0. The van der Waals surface area contributed by atoms with Gasteiger partial charge in [0.25, 0.3) is 0 Å². The third kappa shape index (κ3) is 2.69. The number of thioether (sulfide) groups is 1. The number of allylic oxidation sites excluding steroid dienone is 2. The minimum atomic E-state index is -0.909. The maximum Gasteiger partial charge on any atom is 0.320 e. The number of hydrogen-bond donors (Lipinski definition) is 1. The van der Waals surface area contributed by atoms with Crippen LogP contribution in [-0.2, 0) is 4.79 Å². The summed E-state index contributed by atoms with van der Waals surface area (Å²) in [6, 6.07) is 6.66. The molecule has 2 aliphatic rings. The van der Waals surface area contributed by atoms with Crippen molar-refractivity contribution < 1.29 is 14.7 Å². The number of halogens is 1. The number of fused-ring (bicyclic) bond motifs is 1. The molecule has 0 bridgehead atoms. The summed E-state index contributed by atoms with van der Waals surface area (Å²) in [5, 5.41) is 9.08. The third-order valence-corrected chi connectivity index (χ3v) is 4.80. The molecule has 6 heteroatoms. The van der Waals surface area contributed by atoms with Gasteiger partial charge in [-0.05, 0) is 29.8 Å².